The van der Waals surface area contributed by atoms with Gasteiger partial charge in [0, 0.05) is 48.5 Å². The zero-order valence-corrected chi connectivity index (χ0v) is 38.5. The highest BCUT2D eigenvalue weighted by atomic mass is 16.5. The molecule has 2 aromatic rings. The predicted molar refractivity (Wildman–Crippen MR) is 247 cm³/mol. The van der Waals surface area contributed by atoms with E-state index >= 15 is 0 Å². The van der Waals surface area contributed by atoms with Gasteiger partial charge in [0.2, 0.25) is 11.5 Å². The second kappa shape index (κ2) is 29.4. The van der Waals surface area contributed by atoms with Crippen molar-refractivity contribution >= 4 is 35.3 Å². The molecule has 1 saturated heterocycles. The highest BCUT2D eigenvalue weighted by Crippen LogP contribution is 2.45. The van der Waals surface area contributed by atoms with Crippen LogP contribution in [0.5, 0.6) is 34.5 Å². The Labute approximate surface area is 380 Å². The third kappa shape index (κ3) is 18.0. The van der Waals surface area contributed by atoms with Gasteiger partial charge in [-0.25, -0.2) is 19.2 Å². The number of nitrogens with one attached hydrogen (secondary N) is 2. The molecule has 0 radical (unpaired) electrons. The van der Waals surface area contributed by atoms with Crippen LogP contribution in [0.3, 0.4) is 0 Å². The normalized spacial score (nSPS) is 14.5. The third-order valence-corrected chi connectivity index (χ3v) is 9.47. The molecule has 5 rings (SSSR count). The summed E-state index contributed by atoms with van der Waals surface area (Å²) >= 11 is 0. The zero-order chi connectivity index (χ0) is 48.3. The van der Waals surface area contributed by atoms with Gasteiger partial charge in [-0.1, -0.05) is 38.8 Å². The number of ether oxygens (including phenoxy) is 6. The summed E-state index contributed by atoms with van der Waals surface area (Å²) in [5, 5.41) is 42.4. The van der Waals surface area contributed by atoms with Crippen molar-refractivity contribution in [3.63, 3.8) is 0 Å². The lowest BCUT2D eigenvalue weighted by Gasteiger charge is -2.43. The number of benzene rings is 2. The van der Waals surface area contributed by atoms with Crippen LogP contribution < -0.4 is 39.1 Å². The number of hydrazine groups is 1. The monoisotopic (exact) mass is 908 g/mol. The van der Waals surface area contributed by atoms with E-state index in [1.165, 1.54) is 30.7 Å². The van der Waals surface area contributed by atoms with Crippen LogP contribution >= 0.6 is 0 Å². The van der Waals surface area contributed by atoms with E-state index in [1.54, 1.807) is 42.7 Å². The minimum absolute atomic E-state index is 0.558. The van der Waals surface area contributed by atoms with E-state index in [0.717, 1.165) is 61.3 Å². The van der Waals surface area contributed by atoms with Crippen LogP contribution in [-0.2, 0) is 19.2 Å². The average Bonchev–Trinajstić information content (AvgIpc) is 3.64. The Hall–Kier alpha value is -6.92. The molecule has 0 spiro atoms. The smallest absolute Gasteiger partial charge is 0.328 e. The van der Waals surface area contributed by atoms with Gasteiger partial charge in [-0.15, -0.1) is 0 Å². The van der Waals surface area contributed by atoms with Gasteiger partial charge >= 0.3 is 23.9 Å². The van der Waals surface area contributed by atoms with E-state index in [-0.39, 0.29) is 0 Å². The summed E-state index contributed by atoms with van der Waals surface area (Å²) in [5.41, 5.74) is 6.64. The summed E-state index contributed by atoms with van der Waals surface area (Å²) in [6.07, 6.45) is 16.8. The van der Waals surface area contributed by atoms with E-state index in [2.05, 4.69) is 58.8 Å². The molecular weight excluding hydrogens is 845 g/mol. The number of carboxylic acids is 4. The van der Waals surface area contributed by atoms with E-state index in [0.29, 0.717) is 71.9 Å². The summed E-state index contributed by atoms with van der Waals surface area (Å²) in [6, 6.07) is 8.06. The summed E-state index contributed by atoms with van der Waals surface area (Å²) in [6.45, 7) is 10.5. The van der Waals surface area contributed by atoms with Gasteiger partial charge in [0.25, 0.3) is 0 Å². The fourth-order valence-electron chi connectivity index (χ4n) is 6.58. The fourth-order valence-corrected chi connectivity index (χ4v) is 6.58. The molecule has 0 unspecified atom stereocenters. The maximum atomic E-state index is 9.55. The van der Waals surface area contributed by atoms with Gasteiger partial charge < -0.3 is 59.5 Å². The standard InChI is InChI=1S/C34H44N2O6.C5H12N2.2C4H4O4/c1-9-11-23-13-15-35(27(17-23)25-19-29(37-3)33(41-7)30(20-25)38-4)36-16-14-24(12-10-2)18-28(36)26-21-31(39-5)34(42-8)32(22-26)40-6;1-2-6-4-5-7-3-1;2*5-3(6)1-2-4(7)8/h13-14,17-22H,9-12,15-16H2,1-8H3;6-7H,1-5H2;2*1-2H,(H,5,6)(H,7,8)/b;;2*2-1+. The molecule has 18 nitrogen and oxygen atoms in total. The molecule has 3 heterocycles. The number of hydrogen-bond acceptors (Lipinski definition) is 14. The quantitative estimate of drug-likeness (QED) is 0.0982. The van der Waals surface area contributed by atoms with Crippen LogP contribution in [0.2, 0.25) is 0 Å². The summed E-state index contributed by atoms with van der Waals surface area (Å²) in [4.78, 5) is 38.2. The number of carboxylic acid groups (broad SMARTS) is 4. The number of allylic oxidation sites excluding steroid dienone is 4. The number of methoxy groups -OCH3 is 6. The van der Waals surface area contributed by atoms with Gasteiger partial charge in [0.15, 0.2) is 23.0 Å². The summed E-state index contributed by atoms with van der Waals surface area (Å²) in [5.74, 6) is -1.43. The molecule has 0 bridgehead atoms. The highest BCUT2D eigenvalue weighted by Gasteiger charge is 2.29. The molecule has 18 heteroatoms. The molecule has 356 valence electrons. The number of carbonyl (C=O) groups is 4. The first kappa shape index (κ1) is 54.2. The SMILES string of the molecule is C1CNCCNC1.CCCC1=CCN(N2CC=C(CCC)C=C2c2cc(OC)c(OC)c(OC)c2)C(c2cc(OC)c(OC)c(OC)c2)=C1.O=C(O)/C=C/C(=O)O.O=C(O)/C=C/C(=O)O. The number of rotatable bonds is 17. The zero-order valence-electron chi connectivity index (χ0n) is 38.5. The van der Waals surface area contributed by atoms with Crippen LogP contribution in [-0.4, -0.2) is 136 Å². The molecule has 0 amide bonds. The molecular formula is C47H64N4O14. The number of nitrogens with zero attached hydrogens (tertiary/aromatic N) is 2. The van der Waals surface area contributed by atoms with Crippen LogP contribution in [0.15, 0.2) is 84.0 Å². The summed E-state index contributed by atoms with van der Waals surface area (Å²) < 4.78 is 34.2. The molecule has 6 N–H and O–H groups in total. The second-order valence-corrected chi connectivity index (χ2v) is 14.0. The molecule has 0 aliphatic carbocycles. The van der Waals surface area contributed by atoms with Crippen molar-refractivity contribution in [2.75, 3.05) is 81.9 Å². The van der Waals surface area contributed by atoms with Crippen molar-refractivity contribution in [1.29, 1.82) is 0 Å². The maximum absolute atomic E-state index is 9.55. The van der Waals surface area contributed by atoms with Gasteiger partial charge in [-0.2, -0.15) is 0 Å². The van der Waals surface area contributed by atoms with Gasteiger partial charge in [0.05, 0.1) is 67.1 Å². The van der Waals surface area contributed by atoms with Crippen molar-refractivity contribution in [2.45, 2.75) is 46.0 Å². The molecule has 0 atom stereocenters. The Balaban J connectivity index is 0.000000511. The first-order valence-electron chi connectivity index (χ1n) is 20.9. The molecule has 1 fully saturated rings. The van der Waals surface area contributed by atoms with Crippen LogP contribution in [0.1, 0.15) is 57.1 Å². The van der Waals surface area contributed by atoms with Crippen molar-refractivity contribution < 1.29 is 68.0 Å². The Morgan fingerprint density at radius 3 is 1.08 bits per heavy atom. The van der Waals surface area contributed by atoms with Crippen molar-refractivity contribution in [2.24, 2.45) is 0 Å². The fraction of sp³-hybridized carbons (Fsp3) is 0.404. The molecule has 65 heavy (non-hydrogen) atoms. The second-order valence-electron chi connectivity index (χ2n) is 14.0. The average molecular weight is 909 g/mol. The van der Waals surface area contributed by atoms with Crippen molar-refractivity contribution in [3.05, 3.63) is 95.1 Å². The van der Waals surface area contributed by atoms with E-state index in [1.807, 2.05) is 24.3 Å². The first-order valence-corrected chi connectivity index (χ1v) is 20.9. The van der Waals surface area contributed by atoms with E-state index in [4.69, 9.17) is 48.8 Å². The third-order valence-electron chi connectivity index (χ3n) is 9.47. The lowest BCUT2D eigenvalue weighted by Crippen LogP contribution is -2.42. The Morgan fingerprint density at radius 1 is 0.523 bits per heavy atom. The van der Waals surface area contributed by atoms with Crippen molar-refractivity contribution in [1.82, 2.24) is 20.7 Å². The first-order chi connectivity index (χ1) is 31.2. The molecule has 0 aromatic heterocycles. The van der Waals surface area contributed by atoms with Crippen LogP contribution in [0.25, 0.3) is 11.4 Å². The van der Waals surface area contributed by atoms with Crippen LogP contribution in [0, 0.1) is 0 Å². The Bertz CT molecular complexity index is 1850. The molecule has 2 aromatic carbocycles. The maximum Gasteiger partial charge on any atom is 0.328 e. The summed E-state index contributed by atoms with van der Waals surface area (Å²) in [7, 11) is 9.82. The van der Waals surface area contributed by atoms with Gasteiger partial charge in [0.1, 0.15) is 0 Å². The number of hydrogen-bond donors (Lipinski definition) is 6. The lowest BCUT2D eigenvalue weighted by atomic mass is 9.99. The lowest BCUT2D eigenvalue weighted by molar-refractivity contribution is -0.134. The van der Waals surface area contributed by atoms with Gasteiger partial charge in [-0.05, 0) is 79.9 Å². The molecule has 3 aliphatic rings. The highest BCUT2D eigenvalue weighted by molar-refractivity contribution is 5.90. The van der Waals surface area contributed by atoms with E-state index < -0.39 is 23.9 Å². The van der Waals surface area contributed by atoms with Gasteiger partial charge in [-0.3, -0.25) is 10.0 Å². The minimum atomic E-state index is -1.26. The van der Waals surface area contributed by atoms with Crippen molar-refractivity contribution in [3.8, 4) is 34.5 Å². The van der Waals surface area contributed by atoms with Crippen LogP contribution in [0.4, 0.5) is 0 Å². The number of aliphatic carboxylic acids is 4. The molecule has 0 saturated carbocycles. The molecule has 3 aliphatic heterocycles. The predicted octanol–water partition coefficient (Wildman–Crippen LogP) is 6.11. The Kier molecular flexibility index (Phi) is 24.6. The van der Waals surface area contributed by atoms with E-state index in [9.17, 15) is 19.2 Å². The topological polar surface area (TPSA) is 235 Å². The minimum Gasteiger partial charge on any atom is -0.493 e. The largest absolute Gasteiger partial charge is 0.493 e. The Morgan fingerprint density at radius 2 is 0.831 bits per heavy atom.